The summed E-state index contributed by atoms with van der Waals surface area (Å²) in [6.45, 7) is 0.145. The van der Waals surface area contributed by atoms with Gasteiger partial charge in [-0.05, 0) is 25.0 Å². The van der Waals surface area contributed by atoms with E-state index in [4.69, 9.17) is 32.8 Å². The summed E-state index contributed by atoms with van der Waals surface area (Å²) >= 11 is 11.8. The van der Waals surface area contributed by atoms with Crippen molar-refractivity contribution >= 4 is 23.2 Å². The van der Waals surface area contributed by atoms with Gasteiger partial charge in [0.15, 0.2) is 0 Å². The summed E-state index contributed by atoms with van der Waals surface area (Å²) in [5.41, 5.74) is 2.57. The number of aryl methyl sites for hydroxylation is 1. The third-order valence-corrected chi connectivity index (χ3v) is 3.18. The molecule has 1 N–H and O–H groups in total. The van der Waals surface area contributed by atoms with Crippen molar-refractivity contribution in [1.29, 1.82) is 0 Å². The van der Waals surface area contributed by atoms with Crippen LogP contribution in [-0.2, 0) is 6.42 Å². The number of aliphatic hydroxyl groups excluding tert-OH is 1. The highest BCUT2D eigenvalue weighted by Crippen LogP contribution is 2.29. The van der Waals surface area contributed by atoms with Gasteiger partial charge in [-0.1, -0.05) is 34.4 Å². The summed E-state index contributed by atoms with van der Waals surface area (Å²) in [6, 6.07) is 5.32. The second kappa shape index (κ2) is 5.54. The number of hydrogen-bond donors (Lipinski definition) is 1. The molecule has 0 saturated carbocycles. The minimum Gasteiger partial charge on any atom is -0.396 e. The zero-order chi connectivity index (χ0) is 12.3. The first-order valence-corrected chi connectivity index (χ1v) is 5.97. The van der Waals surface area contributed by atoms with Gasteiger partial charge < -0.3 is 9.63 Å². The Balaban J connectivity index is 2.32. The highest BCUT2D eigenvalue weighted by molar-refractivity contribution is 6.42. The molecule has 2 aromatic rings. The summed E-state index contributed by atoms with van der Waals surface area (Å²) in [6.07, 6.45) is 2.98. The average molecular weight is 272 g/mol. The first-order chi connectivity index (χ1) is 8.22. The van der Waals surface area contributed by atoms with Gasteiger partial charge in [0.25, 0.3) is 0 Å². The van der Waals surface area contributed by atoms with Crippen LogP contribution < -0.4 is 0 Å². The molecule has 0 saturated heterocycles. The van der Waals surface area contributed by atoms with Gasteiger partial charge in [0.05, 0.1) is 10.0 Å². The lowest BCUT2D eigenvalue weighted by Crippen LogP contribution is -1.90. The molecule has 0 radical (unpaired) electrons. The normalized spacial score (nSPS) is 10.8. The Bertz CT molecular complexity index is 511. The molecular weight excluding hydrogens is 261 g/mol. The lowest BCUT2D eigenvalue weighted by molar-refractivity contribution is 0.288. The molecule has 0 fully saturated rings. The van der Waals surface area contributed by atoms with Crippen LogP contribution in [0.25, 0.3) is 11.3 Å². The van der Waals surface area contributed by atoms with Crippen LogP contribution in [0, 0.1) is 0 Å². The van der Waals surface area contributed by atoms with Crippen molar-refractivity contribution in [2.45, 2.75) is 12.8 Å². The fourth-order valence-electron chi connectivity index (χ4n) is 1.59. The third kappa shape index (κ3) is 2.80. The van der Waals surface area contributed by atoms with Crippen molar-refractivity contribution in [3.05, 3.63) is 40.1 Å². The number of halogens is 2. The molecule has 5 heteroatoms. The quantitative estimate of drug-likeness (QED) is 0.925. The maximum Gasteiger partial charge on any atom is 0.127 e. The first-order valence-electron chi connectivity index (χ1n) is 5.22. The number of nitrogens with zero attached hydrogens (tertiary/aromatic N) is 1. The molecule has 0 spiro atoms. The van der Waals surface area contributed by atoms with E-state index in [1.807, 2.05) is 6.07 Å². The van der Waals surface area contributed by atoms with Gasteiger partial charge in [-0.3, -0.25) is 0 Å². The molecule has 0 amide bonds. The van der Waals surface area contributed by atoms with Gasteiger partial charge in [-0.25, -0.2) is 0 Å². The molecule has 0 aliphatic rings. The Morgan fingerprint density at radius 2 is 2.06 bits per heavy atom. The maximum absolute atomic E-state index is 8.82. The molecule has 17 heavy (non-hydrogen) atoms. The van der Waals surface area contributed by atoms with Gasteiger partial charge >= 0.3 is 0 Å². The average Bonchev–Trinajstić information content (AvgIpc) is 2.78. The molecule has 0 aliphatic carbocycles. The second-order valence-electron chi connectivity index (χ2n) is 3.64. The minimum absolute atomic E-state index is 0.145. The van der Waals surface area contributed by atoms with E-state index in [1.165, 1.54) is 0 Å². The molecule has 0 unspecified atom stereocenters. The van der Waals surface area contributed by atoms with Crippen LogP contribution >= 0.6 is 23.2 Å². The third-order valence-electron chi connectivity index (χ3n) is 2.44. The van der Waals surface area contributed by atoms with Gasteiger partial charge in [0, 0.05) is 17.7 Å². The summed E-state index contributed by atoms with van der Waals surface area (Å²) in [4.78, 5) is 0. The Morgan fingerprint density at radius 3 is 2.76 bits per heavy atom. The predicted octanol–water partition coefficient (Wildman–Crippen LogP) is 3.57. The van der Waals surface area contributed by atoms with Crippen molar-refractivity contribution in [2.75, 3.05) is 6.61 Å². The molecule has 1 heterocycles. The Kier molecular flexibility index (Phi) is 4.05. The van der Waals surface area contributed by atoms with E-state index in [1.54, 1.807) is 18.4 Å². The Hall–Kier alpha value is -1.03. The molecule has 0 bridgehead atoms. The first kappa shape index (κ1) is 12.4. The van der Waals surface area contributed by atoms with E-state index < -0.39 is 0 Å². The highest BCUT2D eigenvalue weighted by atomic mass is 35.5. The SMILES string of the molecule is OCCCc1conc1-c1ccc(Cl)c(Cl)c1. The molecule has 2 rings (SSSR count). The molecule has 1 aromatic carbocycles. The number of hydrogen-bond acceptors (Lipinski definition) is 3. The van der Waals surface area contributed by atoms with Gasteiger partial charge in [-0.2, -0.15) is 0 Å². The van der Waals surface area contributed by atoms with Crippen LogP contribution in [-0.4, -0.2) is 16.9 Å². The van der Waals surface area contributed by atoms with E-state index in [-0.39, 0.29) is 6.61 Å². The van der Waals surface area contributed by atoms with Crippen LogP contribution in [0.2, 0.25) is 10.0 Å². The zero-order valence-corrected chi connectivity index (χ0v) is 10.5. The maximum atomic E-state index is 8.82. The van der Waals surface area contributed by atoms with Crippen LogP contribution in [0.5, 0.6) is 0 Å². The summed E-state index contributed by atoms with van der Waals surface area (Å²) in [7, 11) is 0. The monoisotopic (exact) mass is 271 g/mol. The van der Waals surface area contributed by atoms with Gasteiger partial charge in [0.2, 0.25) is 0 Å². The summed E-state index contributed by atoms with van der Waals surface area (Å²) in [5, 5.41) is 13.8. The summed E-state index contributed by atoms with van der Waals surface area (Å²) < 4.78 is 4.96. The predicted molar refractivity (Wildman–Crippen MR) is 67.4 cm³/mol. The van der Waals surface area contributed by atoms with Crippen molar-refractivity contribution in [3.63, 3.8) is 0 Å². The van der Waals surface area contributed by atoms with Crippen molar-refractivity contribution in [1.82, 2.24) is 5.16 Å². The van der Waals surface area contributed by atoms with Gasteiger partial charge in [0.1, 0.15) is 12.0 Å². The van der Waals surface area contributed by atoms with Crippen LogP contribution in [0.15, 0.2) is 29.0 Å². The van der Waals surface area contributed by atoms with Crippen molar-refractivity contribution < 1.29 is 9.63 Å². The fraction of sp³-hybridized carbons (Fsp3) is 0.250. The van der Waals surface area contributed by atoms with E-state index in [0.29, 0.717) is 16.5 Å². The standard InChI is InChI=1S/C12H11Cl2NO2/c13-10-4-3-8(6-11(10)14)12-9(2-1-5-16)7-17-15-12/h3-4,6-7,16H,1-2,5H2. The molecule has 90 valence electrons. The van der Waals surface area contributed by atoms with E-state index >= 15 is 0 Å². The van der Waals surface area contributed by atoms with E-state index in [9.17, 15) is 0 Å². The molecule has 3 nitrogen and oxygen atoms in total. The number of aromatic nitrogens is 1. The fourth-order valence-corrected chi connectivity index (χ4v) is 1.88. The van der Waals surface area contributed by atoms with Crippen LogP contribution in [0.3, 0.4) is 0 Å². The summed E-state index contributed by atoms with van der Waals surface area (Å²) in [5.74, 6) is 0. The van der Waals surface area contributed by atoms with E-state index in [2.05, 4.69) is 5.16 Å². The number of benzene rings is 1. The topological polar surface area (TPSA) is 46.3 Å². The smallest absolute Gasteiger partial charge is 0.127 e. The van der Waals surface area contributed by atoms with Gasteiger partial charge in [-0.15, -0.1) is 0 Å². The van der Waals surface area contributed by atoms with Crippen molar-refractivity contribution in [2.24, 2.45) is 0 Å². The molecule has 0 atom stereocenters. The minimum atomic E-state index is 0.145. The number of rotatable bonds is 4. The second-order valence-corrected chi connectivity index (χ2v) is 4.46. The highest BCUT2D eigenvalue weighted by Gasteiger charge is 2.11. The lowest BCUT2D eigenvalue weighted by atomic mass is 10.1. The zero-order valence-electron chi connectivity index (χ0n) is 8.99. The Labute approximate surface area is 109 Å². The lowest BCUT2D eigenvalue weighted by Gasteiger charge is -2.02. The Morgan fingerprint density at radius 1 is 1.24 bits per heavy atom. The van der Waals surface area contributed by atoms with E-state index in [0.717, 1.165) is 23.2 Å². The molecule has 0 aliphatic heterocycles. The van der Waals surface area contributed by atoms with Crippen LogP contribution in [0.4, 0.5) is 0 Å². The van der Waals surface area contributed by atoms with Crippen molar-refractivity contribution in [3.8, 4) is 11.3 Å². The number of aliphatic hydroxyl groups is 1. The molecular formula is C12H11Cl2NO2. The largest absolute Gasteiger partial charge is 0.396 e. The van der Waals surface area contributed by atoms with Crippen LogP contribution in [0.1, 0.15) is 12.0 Å². The molecule has 1 aromatic heterocycles.